The van der Waals surface area contributed by atoms with Crippen LogP contribution in [0.3, 0.4) is 0 Å². The molecule has 26 heavy (non-hydrogen) atoms. The van der Waals surface area contributed by atoms with Crippen molar-refractivity contribution >= 4 is 37.3 Å². The van der Waals surface area contributed by atoms with Gasteiger partial charge in [0, 0.05) is 6.54 Å². The molecule has 0 spiro atoms. The highest BCUT2D eigenvalue weighted by atomic mass is 32.2. The van der Waals surface area contributed by atoms with Crippen LogP contribution in [-0.4, -0.2) is 24.6 Å². The van der Waals surface area contributed by atoms with Gasteiger partial charge in [-0.3, -0.25) is 4.79 Å². The number of nitrogens with zero attached hydrogens (tertiary/aromatic N) is 2. The van der Waals surface area contributed by atoms with E-state index in [0.717, 1.165) is 21.3 Å². The van der Waals surface area contributed by atoms with Crippen LogP contribution < -0.4 is 4.80 Å². The molecular formula is C19H20N2O3S2. The minimum Gasteiger partial charge on any atom is -0.316 e. The predicted molar refractivity (Wildman–Crippen MR) is 104 cm³/mol. The summed E-state index contributed by atoms with van der Waals surface area (Å²) in [6.07, 6.45) is 0. The second-order valence-electron chi connectivity index (χ2n) is 6.08. The highest BCUT2D eigenvalue weighted by Crippen LogP contribution is 2.24. The zero-order valence-electron chi connectivity index (χ0n) is 14.9. The first-order valence-electron chi connectivity index (χ1n) is 8.28. The molecule has 0 bridgehead atoms. The average molecular weight is 389 g/mol. The van der Waals surface area contributed by atoms with Crippen molar-refractivity contribution in [2.75, 3.05) is 5.75 Å². The Morgan fingerprint density at radius 3 is 2.38 bits per heavy atom. The number of amides is 1. The van der Waals surface area contributed by atoms with Gasteiger partial charge < -0.3 is 4.57 Å². The Morgan fingerprint density at radius 2 is 1.73 bits per heavy atom. The van der Waals surface area contributed by atoms with Crippen molar-refractivity contribution in [3.8, 4) is 0 Å². The Labute approximate surface area is 156 Å². The van der Waals surface area contributed by atoms with Gasteiger partial charge in [-0.1, -0.05) is 41.7 Å². The van der Waals surface area contributed by atoms with Crippen LogP contribution in [0.2, 0.25) is 0 Å². The first kappa shape index (κ1) is 18.5. The van der Waals surface area contributed by atoms with Crippen molar-refractivity contribution in [3.05, 3.63) is 58.4 Å². The molecule has 0 aliphatic carbocycles. The van der Waals surface area contributed by atoms with Crippen LogP contribution in [0, 0.1) is 13.8 Å². The first-order valence-corrected chi connectivity index (χ1v) is 10.7. The van der Waals surface area contributed by atoms with E-state index in [0.29, 0.717) is 11.3 Å². The monoisotopic (exact) mass is 388 g/mol. The Morgan fingerprint density at radius 1 is 1.08 bits per heavy atom. The van der Waals surface area contributed by atoms with E-state index in [1.165, 1.54) is 23.5 Å². The van der Waals surface area contributed by atoms with Gasteiger partial charge in [0.2, 0.25) is 0 Å². The van der Waals surface area contributed by atoms with Crippen molar-refractivity contribution in [1.82, 2.24) is 4.57 Å². The zero-order chi connectivity index (χ0) is 18.9. The van der Waals surface area contributed by atoms with Gasteiger partial charge in [-0.15, -0.1) is 0 Å². The Bertz CT molecular complexity index is 1140. The predicted octanol–water partition coefficient (Wildman–Crippen LogP) is 3.24. The molecule has 0 N–H and O–H groups in total. The van der Waals surface area contributed by atoms with Gasteiger partial charge in [-0.2, -0.15) is 4.99 Å². The molecule has 3 rings (SSSR count). The highest BCUT2D eigenvalue weighted by molar-refractivity contribution is 7.92. The molecule has 1 heterocycles. The van der Waals surface area contributed by atoms with Gasteiger partial charge in [-0.25, -0.2) is 8.42 Å². The fourth-order valence-electron chi connectivity index (χ4n) is 2.87. The summed E-state index contributed by atoms with van der Waals surface area (Å²) >= 11 is 1.42. The fraction of sp³-hybridized carbons (Fsp3) is 0.263. The third kappa shape index (κ3) is 3.50. The summed E-state index contributed by atoms with van der Waals surface area (Å²) in [5, 5.41) is 0. The second kappa shape index (κ2) is 7.17. The molecule has 0 saturated carbocycles. The van der Waals surface area contributed by atoms with Gasteiger partial charge >= 0.3 is 0 Å². The molecule has 3 aromatic rings. The molecule has 0 aliphatic heterocycles. The lowest BCUT2D eigenvalue weighted by Crippen LogP contribution is -2.20. The van der Waals surface area contributed by atoms with E-state index in [1.807, 2.05) is 37.5 Å². The summed E-state index contributed by atoms with van der Waals surface area (Å²) in [5.74, 6) is -1.29. The van der Waals surface area contributed by atoms with Crippen molar-refractivity contribution in [1.29, 1.82) is 0 Å². The lowest BCUT2D eigenvalue weighted by atomic mass is 10.1. The number of thiazole rings is 1. The van der Waals surface area contributed by atoms with Crippen molar-refractivity contribution in [2.45, 2.75) is 32.2 Å². The molecule has 0 aliphatic rings. The van der Waals surface area contributed by atoms with Crippen molar-refractivity contribution in [2.24, 2.45) is 4.99 Å². The number of rotatable bonds is 4. The van der Waals surface area contributed by atoms with E-state index < -0.39 is 21.5 Å². The molecular weight excluding hydrogens is 368 g/mol. The third-order valence-electron chi connectivity index (χ3n) is 4.18. The number of fused-ring (bicyclic) bond motifs is 1. The maximum absolute atomic E-state index is 12.4. The minimum absolute atomic E-state index is 0.134. The van der Waals surface area contributed by atoms with E-state index in [2.05, 4.69) is 4.99 Å². The van der Waals surface area contributed by atoms with E-state index in [1.54, 1.807) is 18.2 Å². The largest absolute Gasteiger partial charge is 0.316 e. The van der Waals surface area contributed by atoms with E-state index in [4.69, 9.17) is 0 Å². The SMILES string of the molecule is CCn1c(=NC(=O)CS(=O)(=O)c2ccccc2)sc2c(C)ccc(C)c21. The smallest absolute Gasteiger partial charge is 0.263 e. The number of hydrogen-bond donors (Lipinski definition) is 0. The van der Waals surface area contributed by atoms with Gasteiger partial charge in [0.05, 0.1) is 15.1 Å². The number of sulfone groups is 1. The Hall–Kier alpha value is -2.25. The molecule has 0 unspecified atom stereocenters. The summed E-state index contributed by atoms with van der Waals surface area (Å²) < 4.78 is 27.8. The van der Waals surface area contributed by atoms with Crippen LogP contribution in [0.25, 0.3) is 10.2 Å². The summed E-state index contributed by atoms with van der Waals surface area (Å²) in [5.41, 5.74) is 3.27. The van der Waals surface area contributed by atoms with Crippen molar-refractivity contribution in [3.63, 3.8) is 0 Å². The van der Waals surface area contributed by atoms with Gasteiger partial charge in [0.25, 0.3) is 5.91 Å². The van der Waals surface area contributed by atoms with E-state index >= 15 is 0 Å². The van der Waals surface area contributed by atoms with Crippen LogP contribution >= 0.6 is 11.3 Å². The summed E-state index contributed by atoms with van der Waals surface area (Å²) in [4.78, 5) is 17.2. The quantitative estimate of drug-likeness (QED) is 0.689. The molecule has 0 atom stereocenters. The maximum Gasteiger partial charge on any atom is 0.263 e. The third-order valence-corrected chi connectivity index (χ3v) is 7.01. The summed E-state index contributed by atoms with van der Waals surface area (Å²) in [6, 6.07) is 12.1. The van der Waals surface area contributed by atoms with Crippen LogP contribution in [-0.2, 0) is 21.2 Å². The normalized spacial score (nSPS) is 12.7. The maximum atomic E-state index is 12.4. The van der Waals surface area contributed by atoms with Crippen molar-refractivity contribution < 1.29 is 13.2 Å². The summed E-state index contributed by atoms with van der Waals surface area (Å²) in [6.45, 7) is 6.68. The molecule has 0 saturated heterocycles. The Kier molecular flexibility index (Phi) is 5.11. The fourth-order valence-corrected chi connectivity index (χ4v) is 5.25. The number of aromatic nitrogens is 1. The zero-order valence-corrected chi connectivity index (χ0v) is 16.5. The van der Waals surface area contributed by atoms with Crippen LogP contribution in [0.15, 0.2) is 52.4 Å². The molecule has 1 aromatic heterocycles. The number of aryl methyl sites for hydroxylation is 3. The Balaban J connectivity index is 2.04. The summed E-state index contributed by atoms with van der Waals surface area (Å²) in [7, 11) is -3.69. The minimum atomic E-state index is -3.69. The van der Waals surface area contributed by atoms with E-state index in [9.17, 15) is 13.2 Å². The van der Waals surface area contributed by atoms with Crippen LogP contribution in [0.5, 0.6) is 0 Å². The average Bonchev–Trinajstić information content (AvgIpc) is 2.97. The van der Waals surface area contributed by atoms with Gasteiger partial charge in [0.15, 0.2) is 14.6 Å². The highest BCUT2D eigenvalue weighted by Gasteiger charge is 2.19. The molecule has 0 radical (unpaired) electrons. The molecule has 7 heteroatoms. The molecule has 2 aromatic carbocycles. The molecule has 5 nitrogen and oxygen atoms in total. The number of carbonyl (C=O) groups is 1. The van der Waals surface area contributed by atoms with Crippen LogP contribution in [0.1, 0.15) is 18.1 Å². The molecule has 0 fully saturated rings. The number of hydrogen-bond acceptors (Lipinski definition) is 4. The van der Waals surface area contributed by atoms with Gasteiger partial charge in [-0.05, 0) is 44.0 Å². The van der Waals surface area contributed by atoms with Crippen LogP contribution in [0.4, 0.5) is 0 Å². The second-order valence-corrected chi connectivity index (χ2v) is 9.05. The van der Waals surface area contributed by atoms with E-state index in [-0.39, 0.29) is 4.90 Å². The number of benzene rings is 2. The standard InChI is InChI=1S/C19H20N2O3S2/c1-4-21-17-13(2)10-11-14(3)18(17)25-19(21)20-16(22)12-26(23,24)15-8-6-5-7-9-15/h5-11H,4,12H2,1-3H3. The lowest BCUT2D eigenvalue weighted by Gasteiger charge is -2.05. The molecule has 136 valence electrons. The topological polar surface area (TPSA) is 68.5 Å². The van der Waals surface area contributed by atoms with Gasteiger partial charge in [0.1, 0.15) is 5.75 Å². The lowest BCUT2D eigenvalue weighted by molar-refractivity contribution is -0.115. The molecule has 1 amide bonds. The number of carbonyl (C=O) groups excluding carboxylic acids is 1. The first-order chi connectivity index (χ1) is 12.3.